The maximum absolute atomic E-state index is 12.8. The number of hydrogen-bond donors (Lipinski definition) is 1. The Labute approximate surface area is 175 Å². The fourth-order valence-corrected chi connectivity index (χ4v) is 3.15. The highest BCUT2D eigenvalue weighted by Crippen LogP contribution is 2.17. The van der Waals surface area contributed by atoms with Crippen LogP contribution in [0.5, 0.6) is 0 Å². The second-order valence-corrected chi connectivity index (χ2v) is 7.40. The van der Waals surface area contributed by atoms with E-state index in [0.29, 0.717) is 12.8 Å². The summed E-state index contributed by atoms with van der Waals surface area (Å²) in [5.74, 6) is -2.79. The fraction of sp³-hybridized carbons (Fsp3) is 0.818. The number of carbonyl (C=O) groups excluding carboxylic acids is 4. The molecular formula is C22H39NO6. The number of carbonyl (C=O) groups is 4. The summed E-state index contributed by atoms with van der Waals surface area (Å²) in [7, 11) is 2.39. The van der Waals surface area contributed by atoms with Gasteiger partial charge in [-0.2, -0.15) is 0 Å². The van der Waals surface area contributed by atoms with Crippen molar-refractivity contribution in [3.05, 3.63) is 0 Å². The highest BCUT2D eigenvalue weighted by Gasteiger charge is 2.31. The molecule has 168 valence electrons. The van der Waals surface area contributed by atoms with Gasteiger partial charge in [-0.25, -0.2) is 4.79 Å². The van der Waals surface area contributed by atoms with Crippen molar-refractivity contribution in [2.24, 2.45) is 5.92 Å². The number of rotatable bonds is 17. The van der Waals surface area contributed by atoms with Crippen molar-refractivity contribution in [3.63, 3.8) is 0 Å². The third-order valence-electron chi connectivity index (χ3n) is 4.98. The highest BCUT2D eigenvalue weighted by molar-refractivity contribution is 6.02. The summed E-state index contributed by atoms with van der Waals surface area (Å²) in [6.45, 7) is 4.23. The smallest absolute Gasteiger partial charge is 0.328 e. The van der Waals surface area contributed by atoms with Crippen LogP contribution in [0.1, 0.15) is 90.9 Å². The van der Waals surface area contributed by atoms with Crippen LogP contribution in [-0.4, -0.2) is 43.9 Å². The van der Waals surface area contributed by atoms with Gasteiger partial charge in [-0.05, 0) is 12.8 Å². The molecule has 7 nitrogen and oxygen atoms in total. The summed E-state index contributed by atoms with van der Waals surface area (Å²) in [4.78, 5) is 49.0. The van der Waals surface area contributed by atoms with Gasteiger partial charge in [0, 0.05) is 6.42 Å². The molecule has 0 rings (SSSR count). The third kappa shape index (κ3) is 12.3. The zero-order valence-corrected chi connectivity index (χ0v) is 18.6. The monoisotopic (exact) mass is 413 g/mol. The number of nitrogens with one attached hydrogen (secondary N) is 1. The van der Waals surface area contributed by atoms with Crippen LogP contribution in [0.25, 0.3) is 0 Å². The zero-order chi connectivity index (χ0) is 22.1. The quantitative estimate of drug-likeness (QED) is 0.222. The van der Waals surface area contributed by atoms with E-state index in [9.17, 15) is 19.2 Å². The molecule has 0 aromatic carbocycles. The summed E-state index contributed by atoms with van der Waals surface area (Å²) in [6, 6.07) is -1.16. The van der Waals surface area contributed by atoms with E-state index >= 15 is 0 Å². The summed E-state index contributed by atoms with van der Waals surface area (Å²) < 4.78 is 9.24. The topological polar surface area (TPSA) is 98.8 Å². The molecular weight excluding hydrogens is 374 g/mol. The lowest BCUT2D eigenvalue weighted by atomic mass is 9.91. The highest BCUT2D eigenvalue weighted by atomic mass is 16.5. The molecule has 0 aliphatic heterocycles. The van der Waals surface area contributed by atoms with Crippen LogP contribution >= 0.6 is 0 Å². The van der Waals surface area contributed by atoms with Crippen LogP contribution in [0.15, 0.2) is 0 Å². The van der Waals surface area contributed by atoms with E-state index in [1.54, 1.807) is 0 Å². The lowest BCUT2D eigenvalue weighted by Gasteiger charge is -2.20. The predicted molar refractivity (Wildman–Crippen MR) is 111 cm³/mol. The Morgan fingerprint density at radius 2 is 1.38 bits per heavy atom. The summed E-state index contributed by atoms with van der Waals surface area (Å²) in [6.07, 6.45) is 9.40. The number of methoxy groups -OCH3 is 2. The average Bonchev–Trinajstić information content (AvgIpc) is 2.72. The molecule has 0 saturated heterocycles. The molecule has 0 fully saturated rings. The van der Waals surface area contributed by atoms with Gasteiger partial charge in [-0.1, -0.05) is 65.2 Å². The third-order valence-corrected chi connectivity index (χ3v) is 4.98. The number of unbranched alkanes of at least 4 members (excludes halogenated alkanes) is 7. The van der Waals surface area contributed by atoms with Gasteiger partial charge in [0.2, 0.25) is 5.91 Å². The Bertz CT molecular complexity index is 506. The van der Waals surface area contributed by atoms with Crippen LogP contribution in [0.3, 0.4) is 0 Å². The summed E-state index contributed by atoms with van der Waals surface area (Å²) >= 11 is 0. The minimum absolute atomic E-state index is 0.0998. The van der Waals surface area contributed by atoms with E-state index in [2.05, 4.69) is 28.6 Å². The number of amides is 1. The van der Waals surface area contributed by atoms with Crippen molar-refractivity contribution >= 4 is 23.6 Å². The molecule has 29 heavy (non-hydrogen) atoms. The van der Waals surface area contributed by atoms with Crippen molar-refractivity contribution in [1.82, 2.24) is 5.32 Å². The molecule has 7 heteroatoms. The Morgan fingerprint density at radius 3 is 1.93 bits per heavy atom. The second kappa shape index (κ2) is 17.0. The van der Waals surface area contributed by atoms with E-state index < -0.39 is 29.8 Å². The minimum Gasteiger partial charge on any atom is -0.469 e. The van der Waals surface area contributed by atoms with Crippen molar-refractivity contribution in [2.45, 2.75) is 96.9 Å². The van der Waals surface area contributed by atoms with Crippen LogP contribution < -0.4 is 5.32 Å². The molecule has 1 N–H and O–H groups in total. The molecule has 1 amide bonds. The molecule has 0 aliphatic carbocycles. The van der Waals surface area contributed by atoms with Crippen LogP contribution in [-0.2, 0) is 28.7 Å². The summed E-state index contributed by atoms with van der Waals surface area (Å²) in [5, 5.41) is 2.53. The maximum Gasteiger partial charge on any atom is 0.328 e. The van der Waals surface area contributed by atoms with Gasteiger partial charge in [0.05, 0.1) is 26.6 Å². The SMILES string of the molecule is CCCCCCCC(=O)C(CCCCCC)C(=O)N[C@@H](CC(=O)OC)C(=O)OC. The zero-order valence-electron chi connectivity index (χ0n) is 18.6. The van der Waals surface area contributed by atoms with Gasteiger partial charge in [-0.3, -0.25) is 14.4 Å². The standard InChI is InChI=1S/C22H39NO6/c1-5-7-9-11-13-15-19(24)17(14-12-10-8-6-2)21(26)23-18(22(27)29-4)16-20(25)28-3/h17-18H,5-16H2,1-4H3,(H,23,26)/t17?,18-/m0/s1. The first-order chi connectivity index (χ1) is 13.9. The van der Waals surface area contributed by atoms with Gasteiger partial charge in [0.25, 0.3) is 0 Å². The second-order valence-electron chi connectivity index (χ2n) is 7.40. The molecule has 0 heterocycles. The normalized spacial score (nSPS) is 12.7. The lowest BCUT2D eigenvalue weighted by molar-refractivity contribution is -0.151. The number of Topliss-reactive ketones (excluding diaryl/α,β-unsaturated/α-hetero) is 1. The molecule has 0 aromatic rings. The van der Waals surface area contributed by atoms with Crippen LogP contribution in [0, 0.1) is 5.92 Å². The molecule has 0 saturated carbocycles. The van der Waals surface area contributed by atoms with Gasteiger partial charge >= 0.3 is 11.9 Å². The molecule has 2 atom stereocenters. The number of ketones is 1. The van der Waals surface area contributed by atoms with E-state index in [4.69, 9.17) is 0 Å². The Morgan fingerprint density at radius 1 is 0.793 bits per heavy atom. The average molecular weight is 414 g/mol. The number of esters is 2. The van der Waals surface area contributed by atoms with Gasteiger partial charge < -0.3 is 14.8 Å². The van der Waals surface area contributed by atoms with Crippen molar-refractivity contribution in [1.29, 1.82) is 0 Å². The predicted octanol–water partition coefficient (Wildman–Crippen LogP) is 3.72. The van der Waals surface area contributed by atoms with Gasteiger partial charge in [0.15, 0.2) is 0 Å². The summed E-state index contributed by atoms with van der Waals surface area (Å²) in [5.41, 5.74) is 0. The largest absolute Gasteiger partial charge is 0.469 e. The van der Waals surface area contributed by atoms with Gasteiger partial charge in [0.1, 0.15) is 11.8 Å². The maximum atomic E-state index is 12.8. The Kier molecular flexibility index (Phi) is 15.9. The molecule has 0 radical (unpaired) electrons. The molecule has 0 bridgehead atoms. The van der Waals surface area contributed by atoms with E-state index in [1.807, 2.05) is 0 Å². The molecule has 0 aliphatic rings. The van der Waals surface area contributed by atoms with Crippen LogP contribution in [0.4, 0.5) is 0 Å². The van der Waals surface area contributed by atoms with Crippen LogP contribution in [0.2, 0.25) is 0 Å². The Hall–Kier alpha value is -1.92. The van der Waals surface area contributed by atoms with Gasteiger partial charge in [-0.15, -0.1) is 0 Å². The fourth-order valence-electron chi connectivity index (χ4n) is 3.15. The Balaban J connectivity index is 4.99. The molecule has 0 spiro atoms. The lowest BCUT2D eigenvalue weighted by Crippen LogP contribution is -2.47. The number of ether oxygens (including phenoxy) is 2. The van der Waals surface area contributed by atoms with E-state index in [1.165, 1.54) is 14.2 Å². The molecule has 1 unspecified atom stereocenters. The van der Waals surface area contributed by atoms with Crippen molar-refractivity contribution < 1.29 is 28.7 Å². The van der Waals surface area contributed by atoms with Crippen molar-refractivity contribution in [3.8, 4) is 0 Å². The first kappa shape index (κ1) is 27.1. The van der Waals surface area contributed by atoms with E-state index in [0.717, 1.165) is 57.8 Å². The van der Waals surface area contributed by atoms with E-state index in [-0.39, 0.29) is 12.2 Å². The first-order valence-electron chi connectivity index (χ1n) is 10.9. The molecule has 0 aromatic heterocycles. The van der Waals surface area contributed by atoms with Crippen molar-refractivity contribution in [2.75, 3.05) is 14.2 Å². The number of hydrogen-bond acceptors (Lipinski definition) is 6. The minimum atomic E-state index is -1.16. The first-order valence-corrected chi connectivity index (χ1v) is 10.9.